The highest BCUT2D eigenvalue weighted by atomic mass is 35.5. The molecule has 0 aliphatic rings. The Morgan fingerprint density at radius 1 is 1.13 bits per heavy atom. The van der Waals surface area contributed by atoms with Gasteiger partial charge in [-0.2, -0.15) is 5.10 Å². The molecule has 0 aliphatic carbocycles. The molecule has 0 saturated heterocycles. The molecule has 1 atom stereocenters. The van der Waals surface area contributed by atoms with Crippen molar-refractivity contribution in [2.24, 2.45) is 0 Å². The smallest absolute Gasteiger partial charge is 0.313 e. The fourth-order valence-corrected chi connectivity index (χ4v) is 4.53. The first-order valence-corrected chi connectivity index (χ1v) is 10.7. The quantitative estimate of drug-likeness (QED) is 0.533. The first-order chi connectivity index (χ1) is 13.9. The van der Waals surface area contributed by atoms with Crippen molar-refractivity contribution in [3.05, 3.63) is 51.8 Å². The van der Waals surface area contributed by atoms with Crippen LogP contribution in [0.25, 0.3) is 16.9 Å². The van der Waals surface area contributed by atoms with Crippen molar-refractivity contribution in [1.82, 2.24) is 14.6 Å². The second kappa shape index (κ2) is 7.69. The average molecular weight is 428 g/mol. The van der Waals surface area contributed by atoms with E-state index in [1.54, 1.807) is 11.4 Å². The summed E-state index contributed by atoms with van der Waals surface area (Å²) in [4.78, 5) is 17.2. The molecule has 0 aliphatic heterocycles. The minimum atomic E-state index is -1.10. The molecule has 2 aromatic heterocycles. The summed E-state index contributed by atoms with van der Waals surface area (Å²) in [6.07, 6.45) is 1.23. The Morgan fingerprint density at radius 3 is 2.23 bits per heavy atom. The van der Waals surface area contributed by atoms with Gasteiger partial charge in [0.05, 0.1) is 16.8 Å². The molecule has 5 nitrogen and oxygen atoms in total. The molecule has 0 bridgehead atoms. The lowest BCUT2D eigenvalue weighted by Crippen LogP contribution is -2.35. The molecule has 1 unspecified atom stereocenters. The zero-order chi connectivity index (χ0) is 22.4. The zero-order valence-corrected chi connectivity index (χ0v) is 19.6. The van der Waals surface area contributed by atoms with Crippen LogP contribution in [0.3, 0.4) is 0 Å². The van der Waals surface area contributed by atoms with E-state index in [9.17, 15) is 9.90 Å². The van der Waals surface area contributed by atoms with E-state index in [1.807, 2.05) is 45.0 Å². The first kappa shape index (κ1) is 22.3. The molecule has 1 aromatic carbocycles. The molecule has 3 aromatic rings. The highest BCUT2D eigenvalue weighted by Gasteiger charge is 2.40. The van der Waals surface area contributed by atoms with Crippen molar-refractivity contribution in [2.45, 2.75) is 72.1 Å². The molecule has 0 saturated carbocycles. The van der Waals surface area contributed by atoms with Crippen LogP contribution in [0, 0.1) is 13.8 Å². The van der Waals surface area contributed by atoms with Crippen molar-refractivity contribution in [3.8, 4) is 11.3 Å². The molecule has 160 valence electrons. The summed E-state index contributed by atoms with van der Waals surface area (Å²) >= 11 is 6.73. The lowest BCUT2D eigenvalue weighted by molar-refractivity contribution is -0.143. The van der Waals surface area contributed by atoms with Gasteiger partial charge in [0.25, 0.3) is 0 Å². The molecule has 6 heteroatoms. The molecule has 3 rings (SSSR count). The number of rotatable bonds is 5. The number of carbonyl (C=O) groups is 1. The maximum Gasteiger partial charge on any atom is 0.313 e. The average Bonchev–Trinajstić information content (AvgIpc) is 2.98. The van der Waals surface area contributed by atoms with Crippen LogP contribution in [0.5, 0.6) is 0 Å². The number of fused-ring (bicyclic) bond motifs is 1. The summed E-state index contributed by atoms with van der Waals surface area (Å²) in [5, 5.41) is 15.6. The van der Waals surface area contributed by atoms with Crippen LogP contribution in [-0.2, 0) is 15.6 Å². The molecule has 0 amide bonds. The number of aliphatic carboxylic acids is 1. The predicted molar refractivity (Wildman–Crippen MR) is 122 cm³/mol. The Kier molecular flexibility index (Phi) is 5.72. The molecule has 0 spiro atoms. The van der Waals surface area contributed by atoms with Gasteiger partial charge in [-0.1, -0.05) is 75.5 Å². The van der Waals surface area contributed by atoms with Crippen LogP contribution in [0.1, 0.15) is 70.0 Å². The molecule has 30 heavy (non-hydrogen) atoms. The summed E-state index contributed by atoms with van der Waals surface area (Å²) in [5.74, 6) is -0.865. The molecule has 2 heterocycles. The number of nitrogens with zero attached hydrogens (tertiary/aromatic N) is 3. The third kappa shape index (κ3) is 3.60. The summed E-state index contributed by atoms with van der Waals surface area (Å²) < 4.78 is 1.74. The monoisotopic (exact) mass is 427 g/mol. The van der Waals surface area contributed by atoms with E-state index in [-0.39, 0.29) is 5.41 Å². The van der Waals surface area contributed by atoms with Crippen molar-refractivity contribution < 1.29 is 9.90 Å². The number of hydrogen-bond acceptors (Lipinski definition) is 3. The number of halogens is 1. The summed E-state index contributed by atoms with van der Waals surface area (Å²) in [5.41, 5.74) is 4.06. The normalized spacial score (nSPS) is 14.1. The Labute approximate surface area is 183 Å². The largest absolute Gasteiger partial charge is 0.481 e. The minimum Gasteiger partial charge on any atom is -0.481 e. The van der Waals surface area contributed by atoms with E-state index in [0.29, 0.717) is 28.3 Å². The second-order valence-corrected chi connectivity index (χ2v) is 9.70. The fraction of sp³-hybridized carbons (Fsp3) is 0.458. The van der Waals surface area contributed by atoms with Gasteiger partial charge in [0.15, 0.2) is 5.65 Å². The van der Waals surface area contributed by atoms with Gasteiger partial charge in [-0.25, -0.2) is 9.50 Å². The van der Waals surface area contributed by atoms with Gasteiger partial charge < -0.3 is 5.11 Å². The second-order valence-electron chi connectivity index (χ2n) is 9.32. The number of carboxylic acids is 1. The van der Waals surface area contributed by atoms with E-state index in [1.165, 1.54) is 0 Å². The minimum absolute atomic E-state index is 0.275. The van der Waals surface area contributed by atoms with Crippen LogP contribution < -0.4 is 0 Å². The van der Waals surface area contributed by atoms with Crippen LogP contribution in [0.15, 0.2) is 24.3 Å². The molecule has 0 radical (unpaired) electrons. The Morgan fingerprint density at radius 2 is 1.73 bits per heavy atom. The van der Waals surface area contributed by atoms with E-state index in [2.05, 4.69) is 20.8 Å². The van der Waals surface area contributed by atoms with Gasteiger partial charge >= 0.3 is 5.97 Å². The van der Waals surface area contributed by atoms with Crippen molar-refractivity contribution in [1.29, 1.82) is 0 Å². The van der Waals surface area contributed by atoms with Gasteiger partial charge in [-0.15, -0.1) is 0 Å². The third-order valence-electron chi connectivity index (χ3n) is 5.70. The van der Waals surface area contributed by atoms with E-state index < -0.39 is 11.4 Å². The number of carboxylic acid groups (broad SMARTS) is 1. The molecular formula is C24H30ClN3O2. The van der Waals surface area contributed by atoms with Crippen LogP contribution in [-0.4, -0.2) is 25.7 Å². The molecular weight excluding hydrogens is 398 g/mol. The highest BCUT2D eigenvalue weighted by molar-refractivity contribution is 6.34. The van der Waals surface area contributed by atoms with E-state index in [0.717, 1.165) is 28.9 Å². The topological polar surface area (TPSA) is 67.5 Å². The third-order valence-corrected chi connectivity index (χ3v) is 6.05. The number of aryl methyl sites for hydroxylation is 2. The van der Waals surface area contributed by atoms with E-state index >= 15 is 0 Å². The van der Waals surface area contributed by atoms with Crippen molar-refractivity contribution in [2.75, 3.05) is 0 Å². The number of hydrogen-bond donors (Lipinski definition) is 1. The lowest BCUT2D eigenvalue weighted by Gasteiger charge is -2.29. The van der Waals surface area contributed by atoms with Gasteiger partial charge in [-0.05, 0) is 27.2 Å². The summed E-state index contributed by atoms with van der Waals surface area (Å²) in [6.45, 7) is 13.8. The summed E-state index contributed by atoms with van der Waals surface area (Å²) in [6, 6.07) is 8.06. The van der Waals surface area contributed by atoms with Crippen LogP contribution in [0.4, 0.5) is 0 Å². The maximum atomic E-state index is 12.5. The summed E-state index contributed by atoms with van der Waals surface area (Å²) in [7, 11) is 0. The Hall–Kier alpha value is -2.40. The SMILES string of the molecule is CCCC(C)(C(=O)O)c1c(C)nc2c(Cl)c(C(C)(C)C)nn2c1-c1ccc(C)cc1. The van der Waals surface area contributed by atoms with Gasteiger partial charge in [0, 0.05) is 22.2 Å². The zero-order valence-electron chi connectivity index (χ0n) is 18.8. The van der Waals surface area contributed by atoms with Crippen molar-refractivity contribution in [3.63, 3.8) is 0 Å². The van der Waals surface area contributed by atoms with Gasteiger partial charge in [0.1, 0.15) is 5.02 Å². The predicted octanol–water partition coefficient (Wildman–Crippen LogP) is 6.11. The van der Waals surface area contributed by atoms with Crippen LogP contribution in [0.2, 0.25) is 5.02 Å². The Balaban J connectivity index is 2.53. The van der Waals surface area contributed by atoms with Gasteiger partial charge in [0.2, 0.25) is 0 Å². The Bertz CT molecular complexity index is 1110. The molecule has 1 N–H and O–H groups in total. The first-order valence-electron chi connectivity index (χ1n) is 10.3. The lowest BCUT2D eigenvalue weighted by atomic mass is 9.76. The van der Waals surface area contributed by atoms with Gasteiger partial charge in [-0.3, -0.25) is 4.79 Å². The highest BCUT2D eigenvalue weighted by Crippen LogP contribution is 2.41. The number of benzene rings is 1. The standard InChI is InChI=1S/C24H30ClN3O2/c1-8-13-24(7,22(29)30)17-15(3)26-21-18(25)20(23(4,5)6)27-28(21)19(17)16-11-9-14(2)10-12-16/h9-12H,8,13H2,1-7H3,(H,29,30). The van der Waals surface area contributed by atoms with Crippen molar-refractivity contribution >= 4 is 23.2 Å². The fourth-order valence-electron chi connectivity index (χ4n) is 4.09. The molecule has 0 fully saturated rings. The maximum absolute atomic E-state index is 12.5. The number of aromatic nitrogens is 3. The van der Waals surface area contributed by atoms with Crippen LogP contribution >= 0.6 is 11.6 Å². The van der Waals surface area contributed by atoms with E-state index in [4.69, 9.17) is 21.7 Å².